The zero-order valence-corrected chi connectivity index (χ0v) is 19.7. The molecule has 0 spiro atoms. The second-order valence-corrected chi connectivity index (χ2v) is 9.54. The summed E-state index contributed by atoms with van der Waals surface area (Å²) in [4.78, 5) is 26.6. The Labute approximate surface area is 207 Å². The molecule has 2 atom stereocenters. The van der Waals surface area contributed by atoms with Crippen LogP contribution in [-0.4, -0.2) is 55.4 Å². The van der Waals surface area contributed by atoms with Crippen LogP contribution in [0.25, 0.3) is 17.0 Å². The van der Waals surface area contributed by atoms with E-state index in [0.29, 0.717) is 17.3 Å². The van der Waals surface area contributed by atoms with Gasteiger partial charge in [0, 0.05) is 54.7 Å². The van der Waals surface area contributed by atoms with Crippen LogP contribution in [0.4, 0.5) is 14.9 Å². The van der Waals surface area contributed by atoms with Crippen molar-refractivity contribution in [3.63, 3.8) is 0 Å². The molecular formula is C26H24ClFN6O. The SMILES string of the molecule is O=C(Nc1ccccc1F)N1C2CCC1CN(Cc1c(-c3ccc(Cl)cc3)nc3ncccn13)C2. The van der Waals surface area contributed by atoms with Crippen molar-refractivity contribution < 1.29 is 9.18 Å². The highest BCUT2D eigenvalue weighted by Gasteiger charge is 2.43. The van der Waals surface area contributed by atoms with Gasteiger partial charge in [-0.15, -0.1) is 0 Å². The van der Waals surface area contributed by atoms with Gasteiger partial charge in [-0.05, 0) is 43.2 Å². The lowest BCUT2D eigenvalue weighted by molar-refractivity contribution is 0.0893. The second kappa shape index (κ2) is 8.94. The Kier molecular flexibility index (Phi) is 5.62. The van der Waals surface area contributed by atoms with Gasteiger partial charge in [-0.1, -0.05) is 35.9 Å². The predicted octanol–water partition coefficient (Wildman–Crippen LogP) is 5.07. The maximum atomic E-state index is 14.1. The summed E-state index contributed by atoms with van der Waals surface area (Å²) in [5.41, 5.74) is 3.14. The van der Waals surface area contributed by atoms with Crippen LogP contribution in [-0.2, 0) is 6.54 Å². The van der Waals surface area contributed by atoms with Gasteiger partial charge in [-0.25, -0.2) is 19.2 Å². The zero-order valence-electron chi connectivity index (χ0n) is 18.9. The number of likely N-dealkylation sites (tertiary alicyclic amines) is 1. The standard InChI is InChI=1S/C26H24ClFN6O/c27-18-8-6-17(7-9-18)24-23(33-13-3-12-29-25(33)31-24)16-32-14-19-10-11-20(15-32)34(19)26(35)30-22-5-2-1-4-21(22)28/h1-9,12-13,19-20H,10-11,14-16H2,(H,30,35). The van der Waals surface area contributed by atoms with Crippen LogP contribution in [0.1, 0.15) is 18.5 Å². The van der Waals surface area contributed by atoms with Crippen molar-refractivity contribution in [1.82, 2.24) is 24.2 Å². The largest absolute Gasteiger partial charge is 0.322 e. The first kappa shape index (κ1) is 22.0. The fraction of sp³-hybridized carbons (Fsp3) is 0.269. The number of aromatic nitrogens is 3. The Bertz CT molecular complexity index is 1380. The highest BCUT2D eigenvalue weighted by atomic mass is 35.5. The number of nitrogens with zero attached hydrogens (tertiary/aromatic N) is 5. The van der Waals surface area contributed by atoms with E-state index < -0.39 is 5.82 Å². The van der Waals surface area contributed by atoms with Crippen LogP contribution in [0.5, 0.6) is 0 Å². The summed E-state index contributed by atoms with van der Waals surface area (Å²) in [5, 5.41) is 3.44. The number of anilines is 1. The minimum absolute atomic E-state index is 0.0804. The van der Waals surface area contributed by atoms with Gasteiger partial charge in [0.2, 0.25) is 5.78 Å². The molecule has 2 aromatic carbocycles. The number of carbonyl (C=O) groups is 1. The molecule has 1 N–H and O–H groups in total. The molecule has 0 aliphatic carbocycles. The lowest BCUT2D eigenvalue weighted by Crippen LogP contribution is -2.56. The van der Waals surface area contributed by atoms with E-state index in [1.807, 2.05) is 45.8 Å². The summed E-state index contributed by atoms with van der Waals surface area (Å²) < 4.78 is 16.1. The third kappa shape index (κ3) is 4.13. The number of piperazine rings is 1. The molecule has 2 saturated heterocycles. The topological polar surface area (TPSA) is 65.8 Å². The van der Waals surface area contributed by atoms with Crippen LogP contribution in [0.15, 0.2) is 67.0 Å². The van der Waals surface area contributed by atoms with Crippen LogP contribution < -0.4 is 5.32 Å². The van der Waals surface area contributed by atoms with Crippen molar-refractivity contribution >= 4 is 29.1 Å². The number of hydrogen-bond acceptors (Lipinski definition) is 4. The summed E-state index contributed by atoms with van der Waals surface area (Å²) in [7, 11) is 0. The highest BCUT2D eigenvalue weighted by Crippen LogP contribution is 2.33. The number of benzene rings is 2. The monoisotopic (exact) mass is 490 g/mol. The number of imidazole rings is 1. The lowest BCUT2D eigenvalue weighted by Gasteiger charge is -2.41. The first-order valence-electron chi connectivity index (χ1n) is 11.7. The van der Waals surface area contributed by atoms with Crippen molar-refractivity contribution in [2.75, 3.05) is 18.4 Å². The molecule has 2 aromatic heterocycles. The molecule has 2 bridgehead atoms. The van der Waals surface area contributed by atoms with E-state index in [1.54, 1.807) is 24.4 Å². The average molecular weight is 491 g/mol. The Morgan fingerprint density at radius 3 is 2.54 bits per heavy atom. The van der Waals surface area contributed by atoms with E-state index in [4.69, 9.17) is 16.6 Å². The van der Waals surface area contributed by atoms with Gasteiger partial charge < -0.3 is 10.2 Å². The lowest BCUT2D eigenvalue weighted by atomic mass is 10.1. The molecule has 2 amide bonds. The van der Waals surface area contributed by atoms with Gasteiger partial charge in [0.05, 0.1) is 17.1 Å². The van der Waals surface area contributed by atoms with Crippen LogP contribution in [0, 0.1) is 5.82 Å². The van der Waals surface area contributed by atoms with Crippen LogP contribution >= 0.6 is 11.6 Å². The maximum absolute atomic E-state index is 14.1. The number of urea groups is 1. The van der Waals surface area contributed by atoms with Crippen molar-refractivity contribution in [2.45, 2.75) is 31.5 Å². The van der Waals surface area contributed by atoms with Crippen molar-refractivity contribution in [2.24, 2.45) is 0 Å². The van der Waals surface area contributed by atoms with Gasteiger partial charge in [0.25, 0.3) is 0 Å². The first-order valence-corrected chi connectivity index (χ1v) is 12.1. The van der Waals surface area contributed by atoms with Crippen LogP contribution in [0.2, 0.25) is 5.02 Å². The molecule has 178 valence electrons. The van der Waals surface area contributed by atoms with E-state index in [0.717, 1.165) is 42.9 Å². The number of carbonyl (C=O) groups excluding carboxylic acids is 1. The molecule has 2 fully saturated rings. The molecule has 0 radical (unpaired) electrons. The number of para-hydroxylation sites is 1. The van der Waals surface area contributed by atoms with Crippen LogP contribution in [0.3, 0.4) is 0 Å². The molecule has 7 nitrogen and oxygen atoms in total. The molecule has 35 heavy (non-hydrogen) atoms. The number of rotatable bonds is 4. The number of hydrogen-bond donors (Lipinski definition) is 1. The van der Waals surface area contributed by atoms with Gasteiger partial charge in [0.1, 0.15) is 5.82 Å². The van der Waals surface area contributed by atoms with Gasteiger partial charge >= 0.3 is 6.03 Å². The van der Waals surface area contributed by atoms with Crippen molar-refractivity contribution in [3.05, 3.63) is 83.5 Å². The summed E-state index contributed by atoms with van der Waals surface area (Å²) in [5.74, 6) is 0.223. The molecule has 6 rings (SSSR count). The van der Waals surface area contributed by atoms with Gasteiger partial charge in [-0.3, -0.25) is 9.30 Å². The first-order chi connectivity index (χ1) is 17.1. The molecule has 4 aromatic rings. The minimum atomic E-state index is -0.428. The number of fused-ring (bicyclic) bond motifs is 3. The molecule has 2 aliphatic rings. The predicted molar refractivity (Wildman–Crippen MR) is 133 cm³/mol. The smallest absolute Gasteiger partial charge is 0.316 e. The Hall–Kier alpha value is -3.49. The molecular weight excluding hydrogens is 467 g/mol. The van der Waals surface area contributed by atoms with E-state index in [9.17, 15) is 9.18 Å². The molecule has 4 heterocycles. The normalized spacial score (nSPS) is 19.9. The Morgan fingerprint density at radius 2 is 1.80 bits per heavy atom. The quantitative estimate of drug-likeness (QED) is 0.434. The molecule has 0 saturated carbocycles. The highest BCUT2D eigenvalue weighted by molar-refractivity contribution is 6.30. The van der Waals surface area contributed by atoms with E-state index in [-0.39, 0.29) is 23.8 Å². The summed E-state index contributed by atoms with van der Waals surface area (Å²) in [6.07, 6.45) is 5.59. The summed E-state index contributed by atoms with van der Waals surface area (Å²) in [6, 6.07) is 15.8. The van der Waals surface area contributed by atoms with Gasteiger partial charge in [-0.2, -0.15) is 0 Å². The average Bonchev–Trinajstić information content (AvgIpc) is 3.35. The fourth-order valence-electron chi connectivity index (χ4n) is 5.33. The number of amides is 2. The van der Waals surface area contributed by atoms with E-state index in [1.165, 1.54) is 6.07 Å². The number of nitrogens with one attached hydrogen (secondary N) is 1. The third-order valence-corrected chi connectivity index (χ3v) is 7.15. The Morgan fingerprint density at radius 1 is 1.06 bits per heavy atom. The van der Waals surface area contributed by atoms with Crippen molar-refractivity contribution in [3.8, 4) is 11.3 Å². The maximum Gasteiger partial charge on any atom is 0.322 e. The minimum Gasteiger partial charge on any atom is -0.316 e. The molecule has 2 unspecified atom stereocenters. The zero-order chi connectivity index (χ0) is 23.9. The molecule has 9 heteroatoms. The van der Waals surface area contributed by atoms with E-state index in [2.05, 4.69) is 15.2 Å². The van der Waals surface area contributed by atoms with Crippen molar-refractivity contribution in [1.29, 1.82) is 0 Å². The molecule has 2 aliphatic heterocycles. The Balaban J connectivity index is 1.24. The van der Waals surface area contributed by atoms with Gasteiger partial charge in [0.15, 0.2) is 0 Å². The third-order valence-electron chi connectivity index (χ3n) is 6.90. The summed E-state index contributed by atoms with van der Waals surface area (Å²) >= 11 is 6.11. The summed E-state index contributed by atoms with van der Waals surface area (Å²) in [6.45, 7) is 2.17. The fourth-order valence-corrected chi connectivity index (χ4v) is 5.46. The van der Waals surface area contributed by atoms with E-state index >= 15 is 0 Å². The second-order valence-electron chi connectivity index (χ2n) is 9.10. The number of halogens is 2.